The Kier molecular flexibility index (Phi) is 5.71. The number of ether oxygens (including phenoxy) is 2. The number of hydrogen-bond acceptors (Lipinski definition) is 6. The highest BCUT2D eigenvalue weighted by Crippen LogP contribution is 2.20. The molecule has 1 unspecified atom stereocenters. The maximum Gasteiger partial charge on any atom is 0.252 e. The van der Waals surface area contributed by atoms with E-state index in [4.69, 9.17) is 9.47 Å². The highest BCUT2D eigenvalue weighted by atomic mass is 16.5. The summed E-state index contributed by atoms with van der Waals surface area (Å²) in [5, 5.41) is 7.14. The van der Waals surface area contributed by atoms with E-state index in [0.29, 0.717) is 25.2 Å². The molecule has 4 rings (SSSR count). The third kappa shape index (κ3) is 4.54. The van der Waals surface area contributed by atoms with E-state index in [1.54, 1.807) is 4.52 Å². The minimum atomic E-state index is -0.0567. The van der Waals surface area contributed by atoms with Crippen molar-refractivity contribution in [2.45, 2.75) is 45.6 Å². The smallest absolute Gasteiger partial charge is 0.252 e. The fraction of sp³-hybridized carbons (Fsp3) is 0.429. The van der Waals surface area contributed by atoms with Crippen LogP contribution in [0.1, 0.15) is 36.2 Å². The molecule has 0 spiro atoms. The van der Waals surface area contributed by atoms with E-state index in [0.717, 1.165) is 47.8 Å². The highest BCUT2D eigenvalue weighted by molar-refractivity contribution is 5.91. The maximum atomic E-state index is 12.5. The Hall–Kier alpha value is -3.00. The van der Waals surface area contributed by atoms with Crippen molar-refractivity contribution >= 4 is 17.4 Å². The van der Waals surface area contributed by atoms with E-state index in [9.17, 15) is 4.79 Å². The number of aryl methyl sites for hydroxylation is 2. The van der Waals surface area contributed by atoms with Gasteiger partial charge in [-0.25, -0.2) is 9.50 Å². The average Bonchev–Trinajstić information content (AvgIpc) is 3.38. The van der Waals surface area contributed by atoms with Crippen molar-refractivity contribution < 1.29 is 14.3 Å². The lowest BCUT2D eigenvalue weighted by atomic mass is 10.1. The monoisotopic (exact) mass is 395 g/mol. The largest absolute Gasteiger partial charge is 0.491 e. The Balaban J connectivity index is 1.34. The van der Waals surface area contributed by atoms with Crippen LogP contribution in [0.4, 0.5) is 5.69 Å². The number of carbonyl (C=O) groups excluding carboxylic acids is 1. The minimum Gasteiger partial charge on any atom is -0.491 e. The van der Waals surface area contributed by atoms with E-state index in [1.165, 1.54) is 6.33 Å². The summed E-state index contributed by atoms with van der Waals surface area (Å²) in [5.41, 5.74) is 3.58. The Morgan fingerprint density at radius 2 is 2.28 bits per heavy atom. The van der Waals surface area contributed by atoms with Crippen LogP contribution in [-0.2, 0) is 16.0 Å². The van der Waals surface area contributed by atoms with Crippen LogP contribution in [-0.4, -0.2) is 44.8 Å². The molecule has 1 amide bonds. The topological polar surface area (TPSA) is 90.6 Å². The molecule has 0 saturated carbocycles. The van der Waals surface area contributed by atoms with Crippen molar-refractivity contribution in [3.05, 3.63) is 47.5 Å². The first-order valence-corrected chi connectivity index (χ1v) is 9.90. The number of nitrogens with one attached hydrogen (secondary N) is 1. The summed E-state index contributed by atoms with van der Waals surface area (Å²) in [6.45, 7) is 5.25. The molecule has 3 heterocycles. The van der Waals surface area contributed by atoms with Crippen LogP contribution in [0.5, 0.6) is 5.75 Å². The summed E-state index contributed by atoms with van der Waals surface area (Å²) in [5.74, 6) is 1.25. The standard InChI is InChI=1S/C21H25N5O3/c1-14-19(15(2)26-21(24-14)22-13-23-26)8-9-20(27)25-16-5-3-6-17(11-16)29-12-18-7-4-10-28-18/h3,5-6,11,13,18H,4,7-10,12H2,1-2H3,(H,25,27). The van der Waals surface area contributed by atoms with Gasteiger partial charge < -0.3 is 14.8 Å². The second kappa shape index (κ2) is 8.57. The second-order valence-corrected chi connectivity index (χ2v) is 7.26. The van der Waals surface area contributed by atoms with Crippen molar-refractivity contribution in [3.63, 3.8) is 0 Å². The summed E-state index contributed by atoms with van der Waals surface area (Å²) in [4.78, 5) is 21.0. The van der Waals surface area contributed by atoms with E-state index >= 15 is 0 Å². The number of rotatable bonds is 7. The number of anilines is 1. The molecule has 1 N–H and O–H groups in total. The van der Waals surface area contributed by atoms with E-state index in [2.05, 4.69) is 20.4 Å². The number of hydrogen-bond donors (Lipinski definition) is 1. The molecule has 2 aromatic heterocycles. The first-order chi connectivity index (χ1) is 14.1. The molecule has 0 aliphatic carbocycles. The molecule has 152 valence electrons. The van der Waals surface area contributed by atoms with Crippen molar-refractivity contribution in [1.29, 1.82) is 0 Å². The number of fused-ring (bicyclic) bond motifs is 1. The summed E-state index contributed by atoms with van der Waals surface area (Å²) in [6.07, 6.45) is 4.70. The predicted molar refractivity (Wildman–Crippen MR) is 108 cm³/mol. The summed E-state index contributed by atoms with van der Waals surface area (Å²) < 4.78 is 13.1. The van der Waals surface area contributed by atoms with E-state index in [-0.39, 0.29) is 12.0 Å². The Bertz CT molecular complexity index is 1010. The number of benzene rings is 1. The van der Waals surface area contributed by atoms with Crippen molar-refractivity contribution in [3.8, 4) is 5.75 Å². The van der Waals surface area contributed by atoms with Crippen LogP contribution in [0.15, 0.2) is 30.6 Å². The normalized spacial score (nSPS) is 16.3. The summed E-state index contributed by atoms with van der Waals surface area (Å²) in [6, 6.07) is 7.45. The summed E-state index contributed by atoms with van der Waals surface area (Å²) >= 11 is 0. The third-order valence-electron chi connectivity index (χ3n) is 5.17. The molecule has 1 aromatic carbocycles. The fourth-order valence-electron chi connectivity index (χ4n) is 3.61. The first kappa shape index (κ1) is 19.3. The molecule has 3 aromatic rings. The molecule has 0 radical (unpaired) electrons. The van der Waals surface area contributed by atoms with Gasteiger partial charge in [0.1, 0.15) is 18.7 Å². The zero-order valence-electron chi connectivity index (χ0n) is 16.7. The van der Waals surface area contributed by atoms with Crippen molar-refractivity contribution in [2.75, 3.05) is 18.5 Å². The number of aromatic nitrogens is 4. The van der Waals surface area contributed by atoms with Gasteiger partial charge in [-0.3, -0.25) is 4.79 Å². The number of amides is 1. The van der Waals surface area contributed by atoms with E-state index in [1.807, 2.05) is 38.1 Å². The quantitative estimate of drug-likeness (QED) is 0.662. The van der Waals surface area contributed by atoms with Crippen LogP contribution in [0.25, 0.3) is 5.78 Å². The molecule has 1 saturated heterocycles. The highest BCUT2D eigenvalue weighted by Gasteiger charge is 2.16. The minimum absolute atomic E-state index is 0.0567. The third-order valence-corrected chi connectivity index (χ3v) is 5.17. The SMILES string of the molecule is Cc1nc2ncnn2c(C)c1CCC(=O)Nc1cccc(OCC2CCCO2)c1. The molecular formula is C21H25N5O3. The first-order valence-electron chi connectivity index (χ1n) is 9.90. The Labute approximate surface area is 169 Å². The van der Waals surface area contributed by atoms with Gasteiger partial charge in [0.05, 0.1) is 6.10 Å². The average molecular weight is 395 g/mol. The second-order valence-electron chi connectivity index (χ2n) is 7.26. The lowest BCUT2D eigenvalue weighted by Crippen LogP contribution is -2.16. The lowest BCUT2D eigenvalue weighted by molar-refractivity contribution is -0.116. The zero-order chi connectivity index (χ0) is 20.2. The predicted octanol–water partition coefficient (Wildman–Crippen LogP) is 2.87. The van der Waals surface area contributed by atoms with Gasteiger partial charge in [0.2, 0.25) is 5.91 Å². The molecule has 29 heavy (non-hydrogen) atoms. The van der Waals surface area contributed by atoms with Gasteiger partial charge >= 0.3 is 0 Å². The molecule has 8 heteroatoms. The van der Waals surface area contributed by atoms with Gasteiger partial charge in [-0.1, -0.05) is 6.07 Å². The van der Waals surface area contributed by atoms with Crippen LogP contribution >= 0.6 is 0 Å². The molecule has 1 fully saturated rings. The lowest BCUT2D eigenvalue weighted by Gasteiger charge is -2.13. The van der Waals surface area contributed by atoms with Gasteiger partial charge in [-0.15, -0.1) is 0 Å². The molecule has 1 aliphatic rings. The molecule has 0 bridgehead atoms. The van der Waals surface area contributed by atoms with Crippen LogP contribution in [0.2, 0.25) is 0 Å². The van der Waals surface area contributed by atoms with Crippen LogP contribution in [0.3, 0.4) is 0 Å². The van der Waals surface area contributed by atoms with Crippen molar-refractivity contribution in [1.82, 2.24) is 19.6 Å². The van der Waals surface area contributed by atoms with Gasteiger partial charge in [0.15, 0.2) is 0 Å². The van der Waals surface area contributed by atoms with Crippen LogP contribution in [0, 0.1) is 13.8 Å². The van der Waals surface area contributed by atoms with Gasteiger partial charge in [-0.2, -0.15) is 10.1 Å². The van der Waals surface area contributed by atoms with Gasteiger partial charge in [0.25, 0.3) is 5.78 Å². The number of carbonyl (C=O) groups is 1. The van der Waals surface area contributed by atoms with Gasteiger partial charge in [0, 0.05) is 36.2 Å². The zero-order valence-corrected chi connectivity index (χ0v) is 16.7. The molecular weight excluding hydrogens is 370 g/mol. The van der Waals surface area contributed by atoms with Crippen molar-refractivity contribution in [2.24, 2.45) is 0 Å². The Morgan fingerprint density at radius 3 is 3.10 bits per heavy atom. The molecule has 1 aliphatic heterocycles. The number of nitrogens with zero attached hydrogens (tertiary/aromatic N) is 4. The van der Waals surface area contributed by atoms with Crippen LogP contribution < -0.4 is 10.1 Å². The fourth-order valence-corrected chi connectivity index (χ4v) is 3.61. The van der Waals surface area contributed by atoms with E-state index < -0.39 is 0 Å². The molecule has 1 atom stereocenters. The van der Waals surface area contributed by atoms with Gasteiger partial charge in [-0.05, 0) is 50.8 Å². The molecule has 8 nitrogen and oxygen atoms in total. The maximum absolute atomic E-state index is 12.5. The summed E-state index contributed by atoms with van der Waals surface area (Å²) in [7, 11) is 0. The Morgan fingerprint density at radius 1 is 1.38 bits per heavy atom.